The van der Waals surface area contributed by atoms with Crippen molar-refractivity contribution in [2.75, 3.05) is 11.1 Å². The number of thioether (sulfide) groups is 1. The van der Waals surface area contributed by atoms with E-state index in [1.54, 1.807) is 30.3 Å². The van der Waals surface area contributed by atoms with Gasteiger partial charge in [-0.3, -0.25) is 0 Å². The first-order valence-electron chi connectivity index (χ1n) is 5.04. The van der Waals surface area contributed by atoms with Crippen LogP contribution in [0.2, 0.25) is 0 Å². The average molecular weight is 268 g/mol. The molecule has 0 fully saturated rings. The second-order valence-electron chi connectivity index (χ2n) is 3.30. The lowest BCUT2D eigenvalue weighted by Crippen LogP contribution is -2.00. The molecule has 3 N–H and O–H groups in total. The Morgan fingerprint density at radius 3 is 2.72 bits per heavy atom. The largest absolute Gasteiger partial charge is 0.384 e. The first kappa shape index (κ1) is 12.6. The van der Waals surface area contributed by atoms with Gasteiger partial charge in [-0.25, -0.2) is 4.98 Å². The fourth-order valence-electron chi connectivity index (χ4n) is 1.32. The van der Waals surface area contributed by atoms with Crippen LogP contribution in [0.5, 0.6) is 0 Å². The van der Waals surface area contributed by atoms with Gasteiger partial charge in [-0.2, -0.15) is 13.8 Å². The van der Waals surface area contributed by atoms with Crippen molar-refractivity contribution < 1.29 is 8.78 Å². The SMILES string of the molecule is Nc1ccnc(Nc2ccccc2SC(F)F)n1. The lowest BCUT2D eigenvalue weighted by atomic mass is 10.3. The highest BCUT2D eigenvalue weighted by Gasteiger charge is 2.10. The van der Waals surface area contributed by atoms with Gasteiger partial charge < -0.3 is 11.1 Å². The predicted octanol–water partition coefficient (Wildman–Crippen LogP) is 3.12. The Labute approximate surface area is 107 Å². The summed E-state index contributed by atoms with van der Waals surface area (Å²) in [7, 11) is 0. The zero-order chi connectivity index (χ0) is 13.0. The van der Waals surface area contributed by atoms with Gasteiger partial charge in [0.25, 0.3) is 5.76 Å². The Bertz CT molecular complexity index is 536. The average Bonchev–Trinajstić information content (AvgIpc) is 2.31. The lowest BCUT2D eigenvalue weighted by molar-refractivity contribution is 0.252. The molecule has 1 aromatic heterocycles. The minimum absolute atomic E-state index is 0.275. The molecule has 1 aromatic carbocycles. The van der Waals surface area contributed by atoms with Crippen LogP contribution >= 0.6 is 11.8 Å². The molecular formula is C11H10F2N4S. The van der Waals surface area contributed by atoms with E-state index in [0.29, 0.717) is 28.2 Å². The van der Waals surface area contributed by atoms with E-state index >= 15 is 0 Å². The minimum atomic E-state index is -2.48. The van der Waals surface area contributed by atoms with Gasteiger partial charge in [0, 0.05) is 11.1 Å². The van der Waals surface area contributed by atoms with E-state index in [1.807, 2.05) is 0 Å². The van der Waals surface area contributed by atoms with Crippen LogP contribution < -0.4 is 11.1 Å². The fourth-order valence-corrected chi connectivity index (χ4v) is 1.92. The van der Waals surface area contributed by atoms with Crippen LogP contribution in [-0.4, -0.2) is 15.7 Å². The Balaban J connectivity index is 2.23. The Hall–Kier alpha value is -1.89. The molecule has 0 bridgehead atoms. The van der Waals surface area contributed by atoms with Gasteiger partial charge in [0.05, 0.1) is 5.69 Å². The first-order valence-corrected chi connectivity index (χ1v) is 5.92. The Kier molecular flexibility index (Phi) is 3.93. The van der Waals surface area contributed by atoms with Gasteiger partial charge in [-0.1, -0.05) is 23.9 Å². The van der Waals surface area contributed by atoms with Crippen molar-refractivity contribution in [3.63, 3.8) is 0 Å². The Morgan fingerprint density at radius 1 is 1.22 bits per heavy atom. The monoisotopic (exact) mass is 268 g/mol. The van der Waals surface area contributed by atoms with E-state index in [9.17, 15) is 8.78 Å². The number of hydrogen-bond donors (Lipinski definition) is 2. The number of para-hydroxylation sites is 1. The van der Waals surface area contributed by atoms with E-state index in [2.05, 4.69) is 15.3 Å². The molecule has 0 unspecified atom stereocenters. The van der Waals surface area contributed by atoms with Gasteiger partial charge in [-0.15, -0.1) is 0 Å². The van der Waals surface area contributed by atoms with Gasteiger partial charge >= 0.3 is 0 Å². The van der Waals surface area contributed by atoms with E-state index in [4.69, 9.17) is 5.73 Å². The second-order valence-corrected chi connectivity index (χ2v) is 4.34. The topological polar surface area (TPSA) is 63.8 Å². The first-order chi connectivity index (χ1) is 8.65. The molecule has 1 heterocycles. The van der Waals surface area contributed by atoms with Gasteiger partial charge in [0.15, 0.2) is 0 Å². The van der Waals surface area contributed by atoms with Crippen molar-refractivity contribution in [2.45, 2.75) is 10.7 Å². The zero-order valence-electron chi connectivity index (χ0n) is 9.18. The van der Waals surface area contributed by atoms with Crippen LogP contribution in [0.15, 0.2) is 41.4 Å². The fraction of sp³-hybridized carbons (Fsp3) is 0.0909. The summed E-state index contributed by atoms with van der Waals surface area (Å²) in [6.07, 6.45) is 1.49. The molecule has 18 heavy (non-hydrogen) atoms. The number of rotatable bonds is 4. The summed E-state index contributed by atoms with van der Waals surface area (Å²) in [5.74, 6) is -1.89. The van der Waals surface area contributed by atoms with E-state index in [0.717, 1.165) is 0 Å². The van der Waals surface area contributed by atoms with Gasteiger partial charge in [0.2, 0.25) is 5.95 Å². The van der Waals surface area contributed by atoms with Crippen molar-refractivity contribution in [3.05, 3.63) is 36.5 Å². The van der Waals surface area contributed by atoms with Crippen LogP contribution in [-0.2, 0) is 0 Å². The zero-order valence-corrected chi connectivity index (χ0v) is 9.99. The lowest BCUT2D eigenvalue weighted by Gasteiger charge is -2.09. The molecule has 4 nitrogen and oxygen atoms in total. The number of nitrogens with zero attached hydrogens (tertiary/aromatic N) is 2. The standard InChI is InChI=1S/C11H10F2N4S/c12-10(13)18-8-4-2-1-3-7(8)16-11-15-6-5-9(14)17-11/h1-6,10H,(H3,14,15,16,17). The summed E-state index contributed by atoms with van der Waals surface area (Å²) in [6, 6.07) is 8.26. The third-order valence-corrected chi connectivity index (χ3v) is 2.81. The number of aromatic nitrogens is 2. The van der Waals surface area contributed by atoms with E-state index in [-0.39, 0.29) is 5.95 Å². The molecule has 2 aromatic rings. The van der Waals surface area contributed by atoms with Gasteiger partial charge in [0.1, 0.15) is 5.82 Å². The predicted molar refractivity (Wildman–Crippen MR) is 68.0 cm³/mol. The Morgan fingerprint density at radius 2 is 2.00 bits per heavy atom. The molecule has 0 amide bonds. The maximum Gasteiger partial charge on any atom is 0.288 e. The number of alkyl halides is 2. The minimum Gasteiger partial charge on any atom is -0.384 e. The van der Waals surface area contributed by atoms with Gasteiger partial charge in [-0.05, 0) is 18.2 Å². The molecule has 0 saturated carbocycles. The maximum atomic E-state index is 12.4. The molecule has 0 atom stereocenters. The summed E-state index contributed by atoms with van der Waals surface area (Å²) >= 11 is 0.466. The van der Waals surface area contributed by atoms with Crippen LogP contribution in [0.3, 0.4) is 0 Å². The number of halogens is 2. The molecule has 0 radical (unpaired) electrons. The second kappa shape index (κ2) is 5.63. The molecule has 0 aliphatic carbocycles. The summed E-state index contributed by atoms with van der Waals surface area (Å²) < 4.78 is 24.8. The molecule has 0 saturated heterocycles. The summed E-state index contributed by atoms with van der Waals surface area (Å²) in [5, 5.41) is 2.86. The third kappa shape index (κ3) is 3.30. The van der Waals surface area contributed by atoms with Crippen LogP contribution in [0.25, 0.3) is 0 Å². The molecule has 0 aliphatic heterocycles. The summed E-state index contributed by atoms with van der Waals surface area (Å²) in [4.78, 5) is 8.33. The van der Waals surface area contributed by atoms with E-state index < -0.39 is 5.76 Å². The van der Waals surface area contributed by atoms with Crippen molar-refractivity contribution in [3.8, 4) is 0 Å². The third-order valence-electron chi connectivity index (χ3n) is 2.03. The van der Waals surface area contributed by atoms with Crippen molar-refractivity contribution in [1.82, 2.24) is 9.97 Å². The highest BCUT2D eigenvalue weighted by atomic mass is 32.2. The van der Waals surface area contributed by atoms with Crippen LogP contribution in [0, 0.1) is 0 Å². The number of anilines is 3. The van der Waals surface area contributed by atoms with E-state index in [1.165, 1.54) is 6.20 Å². The van der Waals surface area contributed by atoms with Crippen LogP contribution in [0.1, 0.15) is 0 Å². The maximum absolute atomic E-state index is 12.4. The molecular weight excluding hydrogens is 258 g/mol. The smallest absolute Gasteiger partial charge is 0.288 e. The normalized spacial score (nSPS) is 10.6. The molecule has 7 heteroatoms. The molecule has 2 rings (SSSR count). The highest BCUT2D eigenvalue weighted by Crippen LogP contribution is 2.32. The summed E-state index contributed by atoms with van der Waals surface area (Å²) in [6.45, 7) is 0. The number of benzene rings is 1. The number of hydrogen-bond acceptors (Lipinski definition) is 5. The number of nitrogens with one attached hydrogen (secondary N) is 1. The van der Waals surface area contributed by atoms with Crippen molar-refractivity contribution >= 4 is 29.2 Å². The summed E-state index contributed by atoms with van der Waals surface area (Å²) in [5.41, 5.74) is 6.04. The highest BCUT2D eigenvalue weighted by molar-refractivity contribution is 7.99. The van der Waals surface area contributed by atoms with Crippen molar-refractivity contribution in [2.24, 2.45) is 0 Å². The number of nitrogens with two attached hydrogens (primary N) is 1. The molecule has 0 aliphatic rings. The quantitative estimate of drug-likeness (QED) is 0.834. The van der Waals surface area contributed by atoms with Crippen LogP contribution in [0.4, 0.5) is 26.2 Å². The van der Waals surface area contributed by atoms with Crippen molar-refractivity contribution in [1.29, 1.82) is 0 Å². The number of nitrogen functional groups attached to an aromatic ring is 1. The molecule has 0 spiro atoms. The molecule has 94 valence electrons.